The lowest BCUT2D eigenvalue weighted by atomic mass is 9.86. The smallest absolute Gasteiger partial charge is 0.240 e. The van der Waals surface area contributed by atoms with Gasteiger partial charge in [0.05, 0.1) is 30.7 Å². The number of imide groups is 1. The molecule has 4 atom stereocenters. The van der Waals surface area contributed by atoms with Crippen LogP contribution in [-0.4, -0.2) is 48.0 Å². The zero-order chi connectivity index (χ0) is 21.7. The molecule has 3 aliphatic heterocycles. The molecule has 8 heteroatoms. The summed E-state index contributed by atoms with van der Waals surface area (Å²) in [6.45, 7) is 0. The highest BCUT2D eigenvalue weighted by atomic mass is 35.5. The summed E-state index contributed by atoms with van der Waals surface area (Å²) in [7, 11) is 1.55. The van der Waals surface area contributed by atoms with Gasteiger partial charge in [-0.1, -0.05) is 23.7 Å². The molecule has 2 aromatic carbocycles. The number of carbonyl (C=O) groups excluding carboxylic acids is 3. The van der Waals surface area contributed by atoms with Crippen molar-refractivity contribution in [2.45, 2.75) is 12.1 Å². The minimum atomic E-state index is -0.884. The van der Waals surface area contributed by atoms with Gasteiger partial charge >= 0.3 is 0 Å². The first-order valence-electron chi connectivity index (χ1n) is 9.82. The predicted molar refractivity (Wildman–Crippen MR) is 115 cm³/mol. The van der Waals surface area contributed by atoms with Crippen LogP contribution >= 0.6 is 11.6 Å². The maximum absolute atomic E-state index is 13.5. The molecule has 2 amide bonds. The maximum Gasteiger partial charge on any atom is 0.240 e. The Labute approximate surface area is 183 Å². The molecule has 31 heavy (non-hydrogen) atoms. The van der Waals surface area contributed by atoms with E-state index in [-0.39, 0.29) is 11.7 Å². The number of anilines is 1. The Bertz CT molecular complexity index is 1140. The van der Waals surface area contributed by atoms with Gasteiger partial charge in [0.1, 0.15) is 11.8 Å². The number of rotatable bonds is 4. The highest BCUT2D eigenvalue weighted by molar-refractivity contribution is 6.31. The molecule has 0 radical (unpaired) electrons. The molecule has 2 aromatic rings. The van der Waals surface area contributed by atoms with E-state index in [1.54, 1.807) is 72.9 Å². The average Bonchev–Trinajstić information content (AvgIpc) is 3.26. The van der Waals surface area contributed by atoms with E-state index in [1.165, 1.54) is 0 Å². The molecule has 3 aliphatic rings. The van der Waals surface area contributed by atoms with Crippen LogP contribution in [0.15, 0.2) is 65.8 Å². The fourth-order valence-corrected chi connectivity index (χ4v) is 4.82. The Morgan fingerprint density at radius 2 is 1.81 bits per heavy atom. The monoisotopic (exact) mass is 435 g/mol. The third-order valence-electron chi connectivity index (χ3n) is 6.00. The number of ketones is 1. The molecule has 0 N–H and O–H groups in total. The molecule has 7 nitrogen and oxygen atoms in total. The number of Topliss-reactive ketones (excluding diaryl/α,β-unsaturated/α-hetero) is 1. The summed E-state index contributed by atoms with van der Waals surface area (Å²) < 4.78 is 5.16. The van der Waals surface area contributed by atoms with E-state index in [0.29, 0.717) is 22.0 Å². The lowest BCUT2D eigenvalue weighted by Gasteiger charge is -2.30. The first kappa shape index (κ1) is 19.5. The SMILES string of the molecule is COc1ccc(C(=O)[C@@H]2[C@@H]3C(=O)N(c4cccc(Cl)c4)C(=O)[C@@H]3C3C=CC=NN32)cc1. The van der Waals surface area contributed by atoms with Crippen LogP contribution in [0, 0.1) is 11.8 Å². The number of allylic oxidation sites excluding steroid dienone is 1. The molecule has 5 rings (SSSR count). The fraction of sp³-hybridized carbons (Fsp3) is 0.217. The molecule has 2 saturated heterocycles. The van der Waals surface area contributed by atoms with Crippen molar-refractivity contribution in [3.8, 4) is 5.75 Å². The van der Waals surface area contributed by atoms with Crippen LogP contribution in [0.1, 0.15) is 10.4 Å². The second kappa shape index (κ2) is 7.35. The molecular weight excluding hydrogens is 418 g/mol. The third kappa shape index (κ3) is 2.96. The average molecular weight is 436 g/mol. The zero-order valence-corrected chi connectivity index (χ0v) is 17.3. The number of hydrogen-bond acceptors (Lipinski definition) is 6. The van der Waals surface area contributed by atoms with Crippen molar-refractivity contribution in [3.63, 3.8) is 0 Å². The standard InChI is InChI=1S/C23H18ClN3O4/c1-31-16-9-7-13(8-10-16)21(28)20-19-18(17-6-3-11-25-27(17)20)22(29)26(23(19)30)15-5-2-4-14(24)12-15/h2-12,17-20H,1H3/t17?,18-,19-,20+/m1/s1. The number of nitrogens with zero attached hydrogens (tertiary/aromatic N) is 3. The van der Waals surface area contributed by atoms with Gasteiger partial charge in [0, 0.05) is 16.8 Å². The Hall–Kier alpha value is -3.45. The van der Waals surface area contributed by atoms with Crippen LogP contribution in [0.3, 0.4) is 0 Å². The van der Waals surface area contributed by atoms with E-state index in [1.807, 2.05) is 6.08 Å². The Balaban J connectivity index is 1.56. The first-order chi connectivity index (χ1) is 15.0. The summed E-state index contributed by atoms with van der Waals surface area (Å²) >= 11 is 6.08. The van der Waals surface area contributed by atoms with E-state index in [9.17, 15) is 14.4 Å². The van der Waals surface area contributed by atoms with Gasteiger partial charge in [-0.05, 0) is 48.5 Å². The quantitative estimate of drug-likeness (QED) is 0.545. The Kier molecular flexibility index (Phi) is 4.63. The number of methoxy groups -OCH3 is 1. The predicted octanol–water partition coefficient (Wildman–Crippen LogP) is 2.95. The first-order valence-corrected chi connectivity index (χ1v) is 10.2. The molecular formula is C23H18ClN3O4. The Morgan fingerprint density at radius 3 is 2.52 bits per heavy atom. The van der Waals surface area contributed by atoms with Gasteiger partial charge in [0.2, 0.25) is 11.8 Å². The molecule has 0 spiro atoms. The number of benzene rings is 2. The normalized spacial score (nSPS) is 26.3. The van der Waals surface area contributed by atoms with Gasteiger partial charge < -0.3 is 4.74 Å². The van der Waals surface area contributed by atoms with Crippen LogP contribution in [0.5, 0.6) is 5.75 Å². The van der Waals surface area contributed by atoms with Gasteiger partial charge in [-0.2, -0.15) is 5.10 Å². The van der Waals surface area contributed by atoms with Crippen LogP contribution in [0.25, 0.3) is 0 Å². The van der Waals surface area contributed by atoms with E-state index in [0.717, 1.165) is 4.90 Å². The second-order valence-corrected chi connectivity index (χ2v) is 8.04. The van der Waals surface area contributed by atoms with Crippen molar-refractivity contribution in [1.29, 1.82) is 0 Å². The summed E-state index contributed by atoms with van der Waals surface area (Å²) in [4.78, 5) is 41.5. The zero-order valence-electron chi connectivity index (χ0n) is 16.5. The van der Waals surface area contributed by atoms with E-state index < -0.39 is 29.8 Å². The summed E-state index contributed by atoms with van der Waals surface area (Å²) in [5.41, 5.74) is 0.832. The van der Waals surface area contributed by atoms with Crippen LogP contribution < -0.4 is 9.64 Å². The van der Waals surface area contributed by atoms with Gasteiger partial charge in [-0.3, -0.25) is 19.4 Å². The highest BCUT2D eigenvalue weighted by Gasteiger charge is 2.64. The molecule has 0 aliphatic carbocycles. The molecule has 0 bridgehead atoms. The van der Waals surface area contributed by atoms with Crippen LogP contribution in [0.2, 0.25) is 5.02 Å². The van der Waals surface area contributed by atoms with E-state index in [2.05, 4.69) is 5.10 Å². The number of amides is 2. The van der Waals surface area contributed by atoms with Crippen molar-refractivity contribution in [1.82, 2.24) is 5.01 Å². The second-order valence-electron chi connectivity index (χ2n) is 7.60. The maximum atomic E-state index is 13.5. The number of carbonyl (C=O) groups is 3. The van der Waals surface area contributed by atoms with Crippen molar-refractivity contribution < 1.29 is 19.1 Å². The number of halogens is 1. The minimum Gasteiger partial charge on any atom is -0.497 e. The number of hydrogen-bond donors (Lipinski definition) is 0. The van der Waals surface area contributed by atoms with Crippen molar-refractivity contribution in [2.75, 3.05) is 12.0 Å². The van der Waals surface area contributed by atoms with Crippen LogP contribution in [-0.2, 0) is 9.59 Å². The highest BCUT2D eigenvalue weighted by Crippen LogP contribution is 2.46. The lowest BCUT2D eigenvalue weighted by Crippen LogP contribution is -2.46. The topological polar surface area (TPSA) is 79.3 Å². The van der Waals surface area contributed by atoms with E-state index >= 15 is 0 Å². The van der Waals surface area contributed by atoms with Gasteiger partial charge in [0.25, 0.3) is 0 Å². The van der Waals surface area contributed by atoms with Gasteiger partial charge in [0.15, 0.2) is 5.78 Å². The summed E-state index contributed by atoms with van der Waals surface area (Å²) in [6.07, 6.45) is 5.12. The van der Waals surface area contributed by atoms with Gasteiger partial charge in [-0.15, -0.1) is 0 Å². The van der Waals surface area contributed by atoms with Gasteiger partial charge in [-0.25, -0.2) is 4.90 Å². The fourth-order valence-electron chi connectivity index (χ4n) is 4.63. The lowest BCUT2D eigenvalue weighted by molar-refractivity contribution is -0.123. The van der Waals surface area contributed by atoms with E-state index in [4.69, 9.17) is 16.3 Å². The molecule has 0 aromatic heterocycles. The molecule has 2 fully saturated rings. The van der Waals surface area contributed by atoms with Crippen molar-refractivity contribution in [2.24, 2.45) is 16.9 Å². The minimum absolute atomic E-state index is 0.262. The number of ether oxygens (including phenoxy) is 1. The summed E-state index contributed by atoms with van der Waals surface area (Å²) in [5, 5.41) is 6.36. The third-order valence-corrected chi connectivity index (χ3v) is 6.24. The largest absolute Gasteiger partial charge is 0.497 e. The summed E-state index contributed by atoms with van der Waals surface area (Å²) in [5.74, 6) is -1.95. The number of fused-ring (bicyclic) bond motifs is 3. The van der Waals surface area contributed by atoms with Crippen molar-refractivity contribution in [3.05, 3.63) is 71.3 Å². The van der Waals surface area contributed by atoms with Crippen LogP contribution in [0.4, 0.5) is 5.69 Å². The summed E-state index contributed by atoms with van der Waals surface area (Å²) in [6, 6.07) is 11.9. The molecule has 1 unspecified atom stereocenters. The Morgan fingerprint density at radius 1 is 1.06 bits per heavy atom. The number of hydrazone groups is 1. The van der Waals surface area contributed by atoms with Crippen molar-refractivity contribution >= 4 is 41.1 Å². The molecule has 0 saturated carbocycles. The molecule has 3 heterocycles. The molecule has 156 valence electrons.